The molecule has 0 aliphatic rings. The number of hydrogen-bond acceptors (Lipinski definition) is 3. The van der Waals surface area contributed by atoms with Crippen molar-refractivity contribution in [2.24, 2.45) is 0 Å². The lowest BCUT2D eigenvalue weighted by atomic mass is 10.1. The zero-order valence-corrected chi connectivity index (χ0v) is 12.3. The fraction of sp³-hybridized carbons (Fsp3) is 0.357. The first-order chi connectivity index (χ1) is 8.84. The van der Waals surface area contributed by atoms with E-state index in [1.54, 1.807) is 26.0 Å². The first-order valence-electron chi connectivity index (χ1n) is 5.84. The monoisotopic (exact) mass is 330 g/mol. The molecule has 1 aromatic carbocycles. The first-order valence-corrected chi connectivity index (χ1v) is 6.63. The average Bonchev–Trinajstić information content (AvgIpc) is 2.36. The highest BCUT2D eigenvalue weighted by Crippen LogP contribution is 2.28. The summed E-state index contributed by atoms with van der Waals surface area (Å²) in [7, 11) is 0. The van der Waals surface area contributed by atoms with Crippen molar-refractivity contribution < 1.29 is 19.0 Å². The molecule has 1 aromatic rings. The Morgan fingerprint density at radius 2 is 2.00 bits per heavy atom. The van der Waals surface area contributed by atoms with Crippen molar-refractivity contribution in [1.29, 1.82) is 0 Å². The van der Waals surface area contributed by atoms with Crippen molar-refractivity contribution in [1.82, 2.24) is 0 Å². The predicted octanol–water partition coefficient (Wildman–Crippen LogP) is 3.07. The van der Waals surface area contributed by atoms with Gasteiger partial charge < -0.3 is 9.84 Å². The summed E-state index contributed by atoms with van der Waals surface area (Å²) in [5, 5.41) is 9.71. The highest BCUT2D eigenvalue weighted by Gasteiger charge is 2.44. The first kappa shape index (κ1) is 15.9. The molecule has 5 heteroatoms. The van der Waals surface area contributed by atoms with E-state index in [1.807, 2.05) is 18.2 Å². The average molecular weight is 331 g/mol. The van der Waals surface area contributed by atoms with Crippen LogP contribution in [0.4, 0.5) is 4.39 Å². The molecule has 0 amide bonds. The second-order valence-electron chi connectivity index (χ2n) is 4.29. The topological polar surface area (TPSA) is 46.5 Å². The van der Waals surface area contributed by atoms with E-state index in [4.69, 9.17) is 4.74 Å². The lowest BCUT2D eigenvalue weighted by molar-refractivity contribution is -0.158. The molecule has 0 aromatic heterocycles. The smallest absolute Gasteiger partial charge is 0.358 e. The van der Waals surface area contributed by atoms with E-state index in [1.165, 1.54) is 12.2 Å². The van der Waals surface area contributed by atoms with E-state index in [-0.39, 0.29) is 0 Å². The Hall–Kier alpha value is -1.20. The van der Waals surface area contributed by atoms with Crippen LogP contribution in [-0.2, 0) is 9.53 Å². The van der Waals surface area contributed by atoms with E-state index in [0.717, 1.165) is 5.56 Å². The van der Waals surface area contributed by atoms with Crippen LogP contribution in [0.25, 0.3) is 6.08 Å². The molecule has 2 atom stereocenters. The van der Waals surface area contributed by atoms with Gasteiger partial charge in [0.15, 0.2) is 0 Å². The maximum Gasteiger partial charge on any atom is 0.358 e. The van der Waals surface area contributed by atoms with Crippen molar-refractivity contribution in [2.75, 3.05) is 0 Å². The van der Waals surface area contributed by atoms with Crippen LogP contribution >= 0.6 is 15.9 Å². The van der Waals surface area contributed by atoms with Crippen molar-refractivity contribution in [3.63, 3.8) is 0 Å². The van der Waals surface area contributed by atoms with Crippen LogP contribution in [-0.4, -0.2) is 27.9 Å². The van der Waals surface area contributed by atoms with Gasteiger partial charge in [0.1, 0.15) is 6.10 Å². The zero-order chi connectivity index (χ0) is 14.5. The number of esters is 1. The van der Waals surface area contributed by atoms with Crippen molar-refractivity contribution in [3.05, 3.63) is 42.0 Å². The Morgan fingerprint density at radius 1 is 1.42 bits per heavy atom. The maximum absolute atomic E-state index is 14.1. The lowest BCUT2D eigenvalue weighted by Gasteiger charge is -2.21. The third-order valence-electron chi connectivity index (χ3n) is 2.26. The molecule has 1 rings (SSSR count). The lowest BCUT2D eigenvalue weighted by Crippen LogP contribution is -2.41. The molecule has 0 saturated carbocycles. The van der Waals surface area contributed by atoms with Gasteiger partial charge in [-0.3, -0.25) is 0 Å². The van der Waals surface area contributed by atoms with Gasteiger partial charge in [-0.05, 0) is 35.3 Å². The molecule has 0 fully saturated rings. The molecule has 1 N–H and O–H groups in total. The van der Waals surface area contributed by atoms with Gasteiger partial charge in [-0.2, -0.15) is 0 Å². The van der Waals surface area contributed by atoms with E-state index < -0.39 is 22.8 Å². The van der Waals surface area contributed by atoms with Crippen LogP contribution in [0.15, 0.2) is 36.4 Å². The molecule has 0 aliphatic carbocycles. The van der Waals surface area contributed by atoms with Gasteiger partial charge in [-0.15, -0.1) is 0 Å². The number of hydrogen-bond donors (Lipinski definition) is 1. The molecular formula is C14H16BrFO3. The summed E-state index contributed by atoms with van der Waals surface area (Å²) in [6, 6.07) is 9.07. The third kappa shape index (κ3) is 4.76. The molecule has 0 spiro atoms. The summed E-state index contributed by atoms with van der Waals surface area (Å²) in [4.78, 5) is 11.5. The van der Waals surface area contributed by atoms with E-state index >= 15 is 0 Å². The largest absolute Gasteiger partial charge is 0.460 e. The van der Waals surface area contributed by atoms with Gasteiger partial charge in [0.25, 0.3) is 4.58 Å². The number of rotatable bonds is 5. The number of ether oxygens (including phenoxy) is 1. The number of alkyl halides is 2. The minimum Gasteiger partial charge on any atom is -0.460 e. The Balaban J connectivity index is 2.73. The summed E-state index contributed by atoms with van der Waals surface area (Å²) in [6.07, 6.45) is 0.638. The van der Waals surface area contributed by atoms with E-state index in [9.17, 15) is 14.3 Å². The van der Waals surface area contributed by atoms with Crippen LogP contribution in [0, 0.1) is 0 Å². The summed E-state index contributed by atoms with van der Waals surface area (Å²) in [5.41, 5.74) is 0.794. The third-order valence-corrected chi connectivity index (χ3v) is 3.05. The van der Waals surface area contributed by atoms with E-state index in [0.29, 0.717) is 0 Å². The minimum absolute atomic E-state index is 0.453. The van der Waals surface area contributed by atoms with Gasteiger partial charge >= 0.3 is 5.97 Å². The number of aliphatic hydroxyl groups is 1. The Kier molecular flexibility index (Phi) is 5.69. The molecule has 3 nitrogen and oxygen atoms in total. The molecule has 19 heavy (non-hydrogen) atoms. The van der Waals surface area contributed by atoms with Crippen LogP contribution < -0.4 is 0 Å². The number of halogens is 2. The highest BCUT2D eigenvalue weighted by atomic mass is 79.9. The Bertz CT molecular complexity index is 443. The quantitative estimate of drug-likeness (QED) is 0.666. The van der Waals surface area contributed by atoms with Gasteiger partial charge in [-0.1, -0.05) is 42.5 Å². The van der Waals surface area contributed by atoms with Crippen molar-refractivity contribution >= 4 is 28.0 Å². The van der Waals surface area contributed by atoms with Crippen LogP contribution in [0.3, 0.4) is 0 Å². The minimum atomic E-state index is -2.65. The molecule has 0 saturated heterocycles. The summed E-state index contributed by atoms with van der Waals surface area (Å²) < 4.78 is 16.2. The molecule has 0 bridgehead atoms. The van der Waals surface area contributed by atoms with E-state index in [2.05, 4.69) is 15.9 Å². The summed E-state index contributed by atoms with van der Waals surface area (Å²) in [5.74, 6) is -1.15. The predicted molar refractivity (Wildman–Crippen MR) is 75.5 cm³/mol. The van der Waals surface area contributed by atoms with Gasteiger partial charge in [0.2, 0.25) is 0 Å². The number of aliphatic hydroxyl groups excluding tert-OH is 1. The van der Waals surface area contributed by atoms with Gasteiger partial charge in [0, 0.05) is 0 Å². The Morgan fingerprint density at radius 3 is 2.53 bits per heavy atom. The molecular weight excluding hydrogens is 315 g/mol. The summed E-state index contributed by atoms with van der Waals surface area (Å²) >= 11 is 2.57. The fourth-order valence-corrected chi connectivity index (χ4v) is 1.55. The molecule has 0 heterocycles. The maximum atomic E-state index is 14.1. The zero-order valence-electron chi connectivity index (χ0n) is 10.7. The number of carbonyl (C=O) groups excluding carboxylic acids is 1. The SMILES string of the molecule is CC(C)OC(=O)[C@@](F)(Br)[C@H](O)/C=C/c1ccccc1. The molecule has 0 aliphatic heterocycles. The number of benzene rings is 1. The Labute approximate surface area is 120 Å². The molecule has 0 radical (unpaired) electrons. The molecule has 0 unspecified atom stereocenters. The second kappa shape index (κ2) is 6.82. The van der Waals surface area contributed by atoms with Gasteiger partial charge in [0.05, 0.1) is 6.10 Å². The summed E-state index contributed by atoms with van der Waals surface area (Å²) in [6.45, 7) is 3.21. The molecule has 104 valence electrons. The van der Waals surface area contributed by atoms with Crippen molar-refractivity contribution in [2.45, 2.75) is 30.6 Å². The fourth-order valence-electron chi connectivity index (χ4n) is 1.30. The van der Waals surface area contributed by atoms with Crippen LogP contribution in [0.5, 0.6) is 0 Å². The van der Waals surface area contributed by atoms with Crippen molar-refractivity contribution in [3.8, 4) is 0 Å². The van der Waals surface area contributed by atoms with Crippen LogP contribution in [0.2, 0.25) is 0 Å². The second-order valence-corrected chi connectivity index (χ2v) is 5.45. The van der Waals surface area contributed by atoms with Crippen LogP contribution in [0.1, 0.15) is 19.4 Å². The highest BCUT2D eigenvalue weighted by molar-refractivity contribution is 9.10. The van der Waals surface area contributed by atoms with Gasteiger partial charge in [-0.25, -0.2) is 9.18 Å². The standard InChI is InChI=1S/C14H16BrFO3/c1-10(2)19-13(18)14(15,16)12(17)9-8-11-6-4-3-5-7-11/h3-10,12,17H,1-2H3/b9-8+/t12-,14-/m1/s1. The number of carbonyl (C=O) groups is 1. The normalized spacial score (nSPS) is 16.3.